The topological polar surface area (TPSA) is 160 Å². The fourth-order valence-electron chi connectivity index (χ4n) is 1.87. The van der Waals surface area contributed by atoms with Crippen molar-refractivity contribution in [2.75, 3.05) is 19.8 Å². The average molecular weight is 345 g/mol. The minimum atomic E-state index is -4.77. The zero-order valence-electron chi connectivity index (χ0n) is 12.7. The van der Waals surface area contributed by atoms with Gasteiger partial charge in [0.15, 0.2) is 0 Å². The molecule has 134 valence electrons. The molecule has 0 saturated carbocycles. The third-order valence-corrected chi connectivity index (χ3v) is 3.69. The molecule has 0 aromatic heterocycles. The van der Waals surface area contributed by atoms with Crippen molar-refractivity contribution in [1.29, 1.82) is 0 Å². The van der Waals surface area contributed by atoms with Crippen molar-refractivity contribution in [3.05, 3.63) is 0 Å². The Morgan fingerprint density at radius 2 is 1.73 bits per heavy atom. The van der Waals surface area contributed by atoms with Gasteiger partial charge in [-0.05, 0) is 13.0 Å². The number of hydrogen-bond donors (Lipinski definition) is 7. The van der Waals surface area contributed by atoms with E-state index >= 15 is 0 Å². The van der Waals surface area contributed by atoms with Crippen molar-refractivity contribution < 1.29 is 39.3 Å². The molecular weight excluding hydrogens is 317 g/mol. The van der Waals surface area contributed by atoms with Gasteiger partial charge in [0, 0.05) is 0 Å². The van der Waals surface area contributed by atoms with Crippen molar-refractivity contribution in [1.82, 2.24) is 5.32 Å². The first kappa shape index (κ1) is 21.9. The summed E-state index contributed by atoms with van der Waals surface area (Å²) in [5.41, 5.74) is 0. The largest absolute Gasteiger partial charge is 0.469 e. The van der Waals surface area contributed by atoms with Crippen molar-refractivity contribution >= 4 is 7.82 Å². The summed E-state index contributed by atoms with van der Waals surface area (Å²) in [6, 6.07) is -0.860. The lowest BCUT2D eigenvalue weighted by atomic mass is 10.0. The Labute approximate surface area is 130 Å². The summed E-state index contributed by atoms with van der Waals surface area (Å²) in [6.07, 6.45) is -0.918. The first-order valence-electron chi connectivity index (χ1n) is 7.31. The van der Waals surface area contributed by atoms with Crippen LogP contribution in [0.2, 0.25) is 0 Å². The van der Waals surface area contributed by atoms with Crippen LogP contribution in [-0.4, -0.2) is 74.3 Å². The summed E-state index contributed by atoms with van der Waals surface area (Å²) in [5.74, 6) is 0. The van der Waals surface area contributed by atoms with E-state index in [1.807, 2.05) is 0 Å². The van der Waals surface area contributed by atoms with Gasteiger partial charge < -0.3 is 35.5 Å². The second kappa shape index (κ2) is 11.4. The van der Waals surface area contributed by atoms with E-state index in [-0.39, 0.29) is 0 Å². The van der Waals surface area contributed by atoms with E-state index in [1.54, 1.807) is 0 Å². The maximum atomic E-state index is 10.5. The quantitative estimate of drug-likeness (QED) is 0.159. The van der Waals surface area contributed by atoms with Crippen molar-refractivity contribution in [3.8, 4) is 0 Å². The maximum absolute atomic E-state index is 10.5. The molecule has 0 rings (SSSR count). The number of phosphoric acid groups is 1. The summed E-state index contributed by atoms with van der Waals surface area (Å²) in [6.45, 7) is 1.31. The molecule has 0 spiro atoms. The molecule has 0 unspecified atom stereocenters. The first-order chi connectivity index (χ1) is 10.2. The van der Waals surface area contributed by atoms with Gasteiger partial charge in [0.2, 0.25) is 0 Å². The number of hydrogen-bond acceptors (Lipinski definition) is 7. The van der Waals surface area contributed by atoms with Gasteiger partial charge in [0.1, 0.15) is 12.2 Å². The third kappa shape index (κ3) is 9.83. The van der Waals surface area contributed by atoms with Gasteiger partial charge in [-0.1, -0.05) is 26.2 Å². The highest BCUT2D eigenvalue weighted by Gasteiger charge is 2.32. The minimum Gasteiger partial charge on any atom is -0.395 e. The molecule has 0 aromatic rings. The molecule has 9 nitrogen and oxygen atoms in total. The average Bonchev–Trinajstić information content (AvgIpc) is 2.46. The van der Waals surface area contributed by atoms with Gasteiger partial charge in [0.05, 0.1) is 25.4 Å². The molecule has 0 aliphatic heterocycles. The van der Waals surface area contributed by atoms with Crippen LogP contribution in [0.5, 0.6) is 0 Å². The molecule has 7 N–H and O–H groups in total. The SMILES string of the molecule is CCCCCCN[C@@H](CO)[C@@H](O)[C@H](O)[C@H](O)COP(=O)(O)O. The number of aliphatic hydroxyl groups excluding tert-OH is 4. The van der Waals surface area contributed by atoms with E-state index < -0.39 is 45.4 Å². The standard InChI is InChI=1S/C12H28NO8P/c1-2-3-4-5-6-13-9(7-14)11(16)12(17)10(15)8-21-22(18,19)20/h9-17H,2-8H2,1H3,(H2,18,19,20)/t9-,10+,11+,12+/m0/s1. The molecule has 0 aromatic carbocycles. The van der Waals surface area contributed by atoms with Gasteiger partial charge in [0.25, 0.3) is 0 Å². The zero-order chi connectivity index (χ0) is 17.2. The fourth-order valence-corrected chi connectivity index (χ4v) is 2.22. The molecular formula is C12H28NO8P. The predicted molar refractivity (Wildman–Crippen MR) is 79.0 cm³/mol. The summed E-state index contributed by atoms with van der Waals surface area (Å²) in [7, 11) is -4.77. The Balaban J connectivity index is 4.24. The highest BCUT2D eigenvalue weighted by molar-refractivity contribution is 7.46. The highest BCUT2D eigenvalue weighted by atomic mass is 31.2. The summed E-state index contributed by atoms with van der Waals surface area (Å²) in [5, 5.41) is 41.3. The number of rotatable bonds is 13. The molecule has 4 atom stereocenters. The van der Waals surface area contributed by atoms with Crippen LogP contribution in [0.15, 0.2) is 0 Å². The van der Waals surface area contributed by atoms with Crippen LogP contribution in [-0.2, 0) is 9.09 Å². The maximum Gasteiger partial charge on any atom is 0.469 e. The molecule has 0 amide bonds. The van der Waals surface area contributed by atoms with Crippen LogP contribution in [0.4, 0.5) is 0 Å². The summed E-state index contributed by atoms with van der Waals surface area (Å²) < 4.78 is 14.6. The molecule has 0 radical (unpaired) electrons. The number of nitrogens with one attached hydrogen (secondary N) is 1. The Hall–Kier alpha value is -0.0900. The number of unbranched alkanes of at least 4 members (excludes halogenated alkanes) is 3. The van der Waals surface area contributed by atoms with Crippen molar-refractivity contribution in [3.63, 3.8) is 0 Å². The van der Waals surface area contributed by atoms with E-state index in [0.717, 1.165) is 25.7 Å². The molecule has 0 heterocycles. The first-order valence-corrected chi connectivity index (χ1v) is 8.84. The normalized spacial score (nSPS) is 18.0. The number of aliphatic hydroxyl groups is 4. The van der Waals surface area contributed by atoms with Gasteiger partial charge in [-0.2, -0.15) is 0 Å². The molecule has 0 aliphatic rings. The van der Waals surface area contributed by atoms with Crippen LogP contribution < -0.4 is 5.32 Å². The molecule has 0 saturated heterocycles. The Kier molecular flexibility index (Phi) is 11.4. The van der Waals surface area contributed by atoms with Crippen LogP contribution in [0.3, 0.4) is 0 Å². The molecule has 0 fully saturated rings. The van der Waals surface area contributed by atoms with Crippen LogP contribution in [0, 0.1) is 0 Å². The molecule has 10 heteroatoms. The van der Waals surface area contributed by atoms with E-state index in [1.165, 1.54) is 0 Å². The lowest BCUT2D eigenvalue weighted by molar-refractivity contribution is -0.0907. The third-order valence-electron chi connectivity index (χ3n) is 3.20. The van der Waals surface area contributed by atoms with Crippen LogP contribution >= 0.6 is 7.82 Å². The number of phosphoric ester groups is 1. The monoisotopic (exact) mass is 345 g/mol. The minimum absolute atomic E-state index is 0.460. The Morgan fingerprint density at radius 3 is 2.23 bits per heavy atom. The van der Waals surface area contributed by atoms with Crippen molar-refractivity contribution in [2.45, 2.75) is 57.0 Å². The second-order valence-corrected chi connectivity index (χ2v) is 6.38. The highest BCUT2D eigenvalue weighted by Crippen LogP contribution is 2.35. The zero-order valence-corrected chi connectivity index (χ0v) is 13.6. The Bertz CT molecular complexity index is 326. The Morgan fingerprint density at radius 1 is 1.09 bits per heavy atom. The molecule has 0 aliphatic carbocycles. The molecule has 0 bridgehead atoms. The van der Waals surface area contributed by atoms with E-state index in [0.29, 0.717) is 6.54 Å². The van der Waals surface area contributed by atoms with Gasteiger partial charge in [-0.15, -0.1) is 0 Å². The lowest BCUT2D eigenvalue weighted by Gasteiger charge is -2.29. The van der Waals surface area contributed by atoms with Gasteiger partial charge in [-0.3, -0.25) is 4.52 Å². The lowest BCUT2D eigenvalue weighted by Crippen LogP contribution is -2.53. The van der Waals surface area contributed by atoms with Gasteiger partial charge >= 0.3 is 7.82 Å². The van der Waals surface area contributed by atoms with E-state index in [2.05, 4.69) is 16.8 Å². The smallest absolute Gasteiger partial charge is 0.395 e. The fraction of sp³-hybridized carbons (Fsp3) is 1.00. The predicted octanol–water partition coefficient (Wildman–Crippen LogP) is -1.29. The second-order valence-electron chi connectivity index (χ2n) is 5.14. The summed E-state index contributed by atoms with van der Waals surface area (Å²) >= 11 is 0. The van der Waals surface area contributed by atoms with Crippen LogP contribution in [0.1, 0.15) is 32.6 Å². The summed E-state index contributed by atoms with van der Waals surface area (Å²) in [4.78, 5) is 17.0. The van der Waals surface area contributed by atoms with Crippen LogP contribution in [0.25, 0.3) is 0 Å². The van der Waals surface area contributed by atoms with Crippen molar-refractivity contribution in [2.24, 2.45) is 0 Å². The van der Waals surface area contributed by atoms with Gasteiger partial charge in [-0.25, -0.2) is 4.57 Å². The van der Waals surface area contributed by atoms with E-state index in [9.17, 15) is 25.0 Å². The van der Waals surface area contributed by atoms with E-state index in [4.69, 9.17) is 9.79 Å². The molecule has 22 heavy (non-hydrogen) atoms.